The SMILES string of the molecule is Cn1ncc(-c2nc(NC3CCC(NCCOCCOCCNCc4ccc(OCc5scc6c5CN(C5CCC(=O)NC5=O)C6=O)cc4)CC3)ncc2Cl)c1CC1CC1. The molecule has 4 aromatic rings. The van der Waals surface area contributed by atoms with Crippen molar-refractivity contribution in [2.45, 2.75) is 95.6 Å². The molecule has 320 valence electrons. The number of carbonyl (C=O) groups excluding carboxylic acids is 3. The number of benzene rings is 1. The van der Waals surface area contributed by atoms with Crippen molar-refractivity contribution in [1.29, 1.82) is 0 Å². The minimum absolute atomic E-state index is 0.166. The first-order valence-electron chi connectivity index (χ1n) is 21.1. The monoisotopic (exact) mass is 859 g/mol. The summed E-state index contributed by atoms with van der Waals surface area (Å²) in [5, 5.41) is 19.8. The number of thiophene rings is 1. The molecule has 1 aromatic carbocycles. The molecule has 3 amide bonds. The molecule has 17 heteroatoms. The quantitative estimate of drug-likeness (QED) is 0.0652. The van der Waals surface area contributed by atoms with Crippen LogP contribution in [0.2, 0.25) is 5.02 Å². The van der Waals surface area contributed by atoms with Crippen LogP contribution in [0.1, 0.15) is 83.4 Å². The molecule has 3 aromatic heterocycles. The minimum Gasteiger partial charge on any atom is -0.488 e. The zero-order chi connectivity index (χ0) is 41.4. The number of nitrogens with one attached hydrogen (secondary N) is 4. The second-order valence-electron chi connectivity index (χ2n) is 16.1. The zero-order valence-corrected chi connectivity index (χ0v) is 35.6. The molecule has 4 N–H and O–H groups in total. The third-order valence-corrected chi connectivity index (χ3v) is 13.1. The summed E-state index contributed by atoms with van der Waals surface area (Å²) in [5.74, 6) is 1.24. The number of halogens is 1. The molecule has 1 unspecified atom stereocenters. The first kappa shape index (κ1) is 42.2. The van der Waals surface area contributed by atoms with Crippen molar-refractivity contribution >= 4 is 46.6 Å². The Morgan fingerprint density at radius 1 is 0.917 bits per heavy atom. The van der Waals surface area contributed by atoms with Crippen LogP contribution in [0.5, 0.6) is 5.75 Å². The van der Waals surface area contributed by atoms with Crippen LogP contribution < -0.4 is 26.0 Å². The van der Waals surface area contributed by atoms with E-state index in [4.69, 9.17) is 30.8 Å². The highest BCUT2D eigenvalue weighted by Gasteiger charge is 2.40. The molecular weight excluding hydrogens is 806 g/mol. The highest BCUT2D eigenvalue weighted by atomic mass is 35.5. The second kappa shape index (κ2) is 19.9. The van der Waals surface area contributed by atoms with Gasteiger partial charge in [0, 0.05) is 78.8 Å². The molecule has 0 spiro atoms. The lowest BCUT2D eigenvalue weighted by atomic mass is 9.91. The summed E-state index contributed by atoms with van der Waals surface area (Å²) < 4.78 is 19.6. The maximum Gasteiger partial charge on any atom is 0.256 e. The lowest BCUT2D eigenvalue weighted by Crippen LogP contribution is -2.52. The highest BCUT2D eigenvalue weighted by Crippen LogP contribution is 2.37. The van der Waals surface area contributed by atoms with Crippen LogP contribution in [0, 0.1) is 5.92 Å². The van der Waals surface area contributed by atoms with Crippen LogP contribution in [0.4, 0.5) is 5.95 Å². The normalized spacial score (nSPS) is 20.4. The topological polar surface area (TPSA) is 174 Å². The summed E-state index contributed by atoms with van der Waals surface area (Å²) in [6.07, 6.45) is 12.0. The molecule has 2 aliphatic carbocycles. The molecule has 2 saturated carbocycles. The Hall–Kier alpha value is -4.45. The van der Waals surface area contributed by atoms with Gasteiger partial charge in [0.15, 0.2) is 0 Å². The lowest BCUT2D eigenvalue weighted by Gasteiger charge is -2.29. The fraction of sp³-hybridized carbons (Fsp3) is 0.535. The van der Waals surface area contributed by atoms with E-state index < -0.39 is 11.9 Å². The van der Waals surface area contributed by atoms with Crippen LogP contribution in [0.3, 0.4) is 0 Å². The number of aromatic nitrogens is 4. The molecule has 0 radical (unpaired) electrons. The van der Waals surface area contributed by atoms with Gasteiger partial charge in [-0.25, -0.2) is 9.97 Å². The van der Waals surface area contributed by atoms with E-state index in [2.05, 4.69) is 31.3 Å². The standard InChI is InChI=1S/C43H54ClN9O6S/c1-52-37(20-27-2-3-27)32(22-48-52)40-35(44)23-47-43(51-40)49-30-8-6-29(7-9-30)46-15-17-58-19-18-57-16-14-45-21-28-4-10-31(11-5-28)59-25-38-33-24-53(42(56)34(33)26-60-38)36-12-13-39(54)50-41(36)55/h4-5,10-11,22-23,26-27,29-30,36,45-46H,2-3,6-9,12-21,24-25H2,1H3,(H,47,49,51)(H,50,54,55). The molecule has 1 atom stereocenters. The van der Waals surface area contributed by atoms with E-state index in [0.29, 0.717) is 81.2 Å². The van der Waals surface area contributed by atoms with Gasteiger partial charge in [-0.15, -0.1) is 11.3 Å². The Kier molecular flexibility index (Phi) is 14.0. The number of hydrogen-bond donors (Lipinski definition) is 4. The average Bonchev–Trinajstić information content (AvgIpc) is 3.75. The Bertz CT molecular complexity index is 2120. The fourth-order valence-corrected chi connectivity index (χ4v) is 9.30. The van der Waals surface area contributed by atoms with Crippen molar-refractivity contribution in [2.75, 3.05) is 44.8 Å². The average molecular weight is 860 g/mol. The Morgan fingerprint density at radius 2 is 1.68 bits per heavy atom. The number of amides is 3. The van der Waals surface area contributed by atoms with Gasteiger partial charge in [0.2, 0.25) is 17.8 Å². The largest absolute Gasteiger partial charge is 0.488 e. The number of aryl methyl sites for hydroxylation is 1. The molecule has 15 nitrogen and oxygen atoms in total. The van der Waals surface area contributed by atoms with Gasteiger partial charge >= 0.3 is 0 Å². The lowest BCUT2D eigenvalue weighted by molar-refractivity contribution is -0.136. The predicted octanol–water partition coefficient (Wildman–Crippen LogP) is 5.02. The van der Waals surface area contributed by atoms with E-state index >= 15 is 0 Å². The maximum atomic E-state index is 13.0. The molecule has 5 heterocycles. The van der Waals surface area contributed by atoms with Gasteiger partial charge < -0.3 is 35.1 Å². The van der Waals surface area contributed by atoms with Crippen molar-refractivity contribution in [1.82, 2.24) is 40.6 Å². The molecule has 2 aliphatic heterocycles. The summed E-state index contributed by atoms with van der Waals surface area (Å²) >= 11 is 8.06. The number of piperidine rings is 1. The van der Waals surface area contributed by atoms with Gasteiger partial charge in [0.1, 0.15) is 18.4 Å². The number of fused-ring (bicyclic) bond motifs is 1. The van der Waals surface area contributed by atoms with Gasteiger partial charge in [-0.1, -0.05) is 23.7 Å². The third-order valence-electron chi connectivity index (χ3n) is 11.8. The molecule has 8 rings (SSSR count). The Labute approximate surface area is 359 Å². The molecule has 4 aliphatic rings. The summed E-state index contributed by atoms with van der Waals surface area (Å²) in [4.78, 5) is 48.8. The van der Waals surface area contributed by atoms with E-state index in [-0.39, 0.29) is 18.2 Å². The number of hydrogen-bond acceptors (Lipinski definition) is 13. The maximum absolute atomic E-state index is 13.0. The highest BCUT2D eigenvalue weighted by molar-refractivity contribution is 7.10. The number of imide groups is 1. The minimum atomic E-state index is -0.620. The summed E-state index contributed by atoms with van der Waals surface area (Å²) in [7, 11) is 1.99. The number of carbonyl (C=O) groups is 3. The molecule has 0 bridgehead atoms. The molecule has 1 saturated heterocycles. The Balaban J connectivity index is 0.641. The number of rotatable bonds is 21. The van der Waals surface area contributed by atoms with Gasteiger partial charge in [-0.2, -0.15) is 5.10 Å². The summed E-state index contributed by atoms with van der Waals surface area (Å²) in [6.45, 7) is 5.31. The van der Waals surface area contributed by atoms with Crippen molar-refractivity contribution in [3.8, 4) is 17.0 Å². The van der Waals surface area contributed by atoms with Gasteiger partial charge in [-0.05, 0) is 75.0 Å². The van der Waals surface area contributed by atoms with Gasteiger partial charge in [-0.3, -0.25) is 24.4 Å². The number of ether oxygens (including phenoxy) is 3. The molecular formula is C43H54ClN9O6S. The van der Waals surface area contributed by atoms with Crippen molar-refractivity contribution in [2.24, 2.45) is 13.0 Å². The van der Waals surface area contributed by atoms with E-state index in [1.54, 1.807) is 11.1 Å². The fourth-order valence-electron chi connectivity index (χ4n) is 8.16. The van der Waals surface area contributed by atoms with Crippen LogP contribution in [0.15, 0.2) is 42.0 Å². The van der Waals surface area contributed by atoms with Crippen molar-refractivity contribution in [3.05, 3.63) is 74.3 Å². The van der Waals surface area contributed by atoms with E-state index in [9.17, 15) is 14.4 Å². The number of anilines is 1. The van der Waals surface area contributed by atoms with Crippen LogP contribution in [-0.2, 0) is 52.2 Å². The number of nitrogens with zero attached hydrogens (tertiary/aromatic N) is 5. The summed E-state index contributed by atoms with van der Waals surface area (Å²) in [6, 6.07) is 8.12. The molecule has 60 heavy (non-hydrogen) atoms. The molecule has 3 fully saturated rings. The van der Waals surface area contributed by atoms with Crippen molar-refractivity contribution < 1.29 is 28.6 Å². The van der Waals surface area contributed by atoms with Gasteiger partial charge in [0.25, 0.3) is 5.91 Å². The third kappa shape index (κ3) is 10.7. The second-order valence-corrected chi connectivity index (χ2v) is 17.5. The van der Waals surface area contributed by atoms with Crippen LogP contribution in [0.25, 0.3) is 11.3 Å². The Morgan fingerprint density at radius 3 is 2.45 bits per heavy atom. The van der Waals surface area contributed by atoms with Crippen LogP contribution in [-0.4, -0.2) is 100 Å². The van der Waals surface area contributed by atoms with Gasteiger partial charge in [0.05, 0.1) is 55.1 Å². The first-order chi connectivity index (χ1) is 29.3. The summed E-state index contributed by atoms with van der Waals surface area (Å²) in [5.41, 5.74) is 5.60. The zero-order valence-electron chi connectivity index (χ0n) is 34.1. The predicted molar refractivity (Wildman–Crippen MR) is 228 cm³/mol. The van der Waals surface area contributed by atoms with Crippen molar-refractivity contribution in [3.63, 3.8) is 0 Å². The smallest absolute Gasteiger partial charge is 0.256 e. The van der Waals surface area contributed by atoms with Crippen LogP contribution >= 0.6 is 22.9 Å². The van der Waals surface area contributed by atoms with E-state index in [1.807, 2.05) is 47.6 Å². The van der Waals surface area contributed by atoms with E-state index in [0.717, 1.165) is 84.1 Å². The first-order valence-corrected chi connectivity index (χ1v) is 22.4. The van der Waals surface area contributed by atoms with E-state index in [1.165, 1.54) is 29.9 Å².